The smallest absolute Gasteiger partial charge is 0.256 e. The van der Waals surface area contributed by atoms with E-state index in [0.29, 0.717) is 5.56 Å². The minimum absolute atomic E-state index is 0.0733. The summed E-state index contributed by atoms with van der Waals surface area (Å²) in [6, 6.07) is 5.65. The number of hydrogen-bond acceptors (Lipinski definition) is 3. The van der Waals surface area contributed by atoms with Gasteiger partial charge in [0.2, 0.25) is 0 Å². The molecule has 17 heavy (non-hydrogen) atoms. The number of carbonyl (C=O) groups excluding carboxylic acids is 1. The van der Waals surface area contributed by atoms with Crippen LogP contribution in [0.1, 0.15) is 10.4 Å². The van der Waals surface area contributed by atoms with Crippen LogP contribution in [0.15, 0.2) is 24.5 Å². The van der Waals surface area contributed by atoms with Crippen LogP contribution in [0.3, 0.4) is 0 Å². The quantitative estimate of drug-likeness (QED) is 0.754. The van der Waals surface area contributed by atoms with Crippen LogP contribution in [0.2, 0.25) is 0 Å². The van der Waals surface area contributed by atoms with Gasteiger partial charge in [0.25, 0.3) is 5.91 Å². The van der Waals surface area contributed by atoms with Crippen molar-refractivity contribution in [2.45, 2.75) is 0 Å². The van der Waals surface area contributed by atoms with Crippen LogP contribution < -0.4 is 5.32 Å². The molecule has 0 saturated carbocycles. The standard InChI is InChI=1S/C12H14N4O/c17-12(16-6-4-13-5-7-16)9-2-1-3-10-11(9)15-8-14-10/h1-3,8,13H,4-7H2,(H,14,15). The molecule has 0 spiro atoms. The van der Waals surface area contributed by atoms with E-state index in [1.807, 2.05) is 23.1 Å². The molecule has 2 N–H and O–H groups in total. The van der Waals surface area contributed by atoms with Crippen LogP contribution >= 0.6 is 0 Å². The van der Waals surface area contributed by atoms with Gasteiger partial charge in [-0.2, -0.15) is 0 Å². The Labute approximate surface area is 98.8 Å². The van der Waals surface area contributed by atoms with Gasteiger partial charge < -0.3 is 15.2 Å². The number of para-hydroxylation sites is 1. The van der Waals surface area contributed by atoms with Gasteiger partial charge in [0, 0.05) is 26.2 Å². The van der Waals surface area contributed by atoms with Crippen molar-refractivity contribution < 1.29 is 4.79 Å². The van der Waals surface area contributed by atoms with E-state index >= 15 is 0 Å². The molecule has 2 heterocycles. The normalized spacial score (nSPS) is 16.4. The number of piperazine rings is 1. The molecule has 1 aliphatic heterocycles. The first-order valence-electron chi connectivity index (χ1n) is 5.78. The van der Waals surface area contributed by atoms with Crippen LogP contribution in [0.25, 0.3) is 11.0 Å². The molecule has 1 saturated heterocycles. The van der Waals surface area contributed by atoms with Gasteiger partial charge in [-0.15, -0.1) is 0 Å². The number of fused-ring (bicyclic) bond motifs is 1. The Morgan fingerprint density at radius 2 is 2.12 bits per heavy atom. The summed E-state index contributed by atoms with van der Waals surface area (Å²) in [5, 5.41) is 3.24. The van der Waals surface area contributed by atoms with Crippen molar-refractivity contribution in [3.63, 3.8) is 0 Å². The summed E-state index contributed by atoms with van der Waals surface area (Å²) in [5.74, 6) is 0.0733. The first-order valence-corrected chi connectivity index (χ1v) is 5.78. The summed E-state index contributed by atoms with van der Waals surface area (Å²) in [7, 11) is 0. The average molecular weight is 230 g/mol. The number of nitrogens with one attached hydrogen (secondary N) is 2. The first kappa shape index (κ1) is 10.3. The molecule has 1 aliphatic rings. The molecule has 88 valence electrons. The van der Waals surface area contributed by atoms with Gasteiger partial charge in [-0.1, -0.05) is 6.07 Å². The lowest BCUT2D eigenvalue weighted by atomic mass is 10.1. The lowest BCUT2D eigenvalue weighted by Crippen LogP contribution is -2.46. The number of imidazole rings is 1. The van der Waals surface area contributed by atoms with E-state index in [1.54, 1.807) is 6.33 Å². The second-order valence-electron chi connectivity index (χ2n) is 4.15. The molecule has 5 heteroatoms. The maximum absolute atomic E-state index is 12.4. The number of aromatic amines is 1. The summed E-state index contributed by atoms with van der Waals surface area (Å²) in [6.07, 6.45) is 1.62. The Morgan fingerprint density at radius 3 is 2.94 bits per heavy atom. The van der Waals surface area contributed by atoms with Crippen molar-refractivity contribution in [1.82, 2.24) is 20.2 Å². The van der Waals surface area contributed by atoms with Gasteiger partial charge in [0.1, 0.15) is 5.52 Å². The fourth-order valence-corrected chi connectivity index (χ4v) is 2.18. The van der Waals surface area contributed by atoms with Crippen LogP contribution in [0, 0.1) is 0 Å². The van der Waals surface area contributed by atoms with Crippen LogP contribution in [0.4, 0.5) is 0 Å². The average Bonchev–Trinajstić information content (AvgIpc) is 2.87. The largest absolute Gasteiger partial charge is 0.345 e. The number of amides is 1. The van der Waals surface area contributed by atoms with Crippen LogP contribution in [0.5, 0.6) is 0 Å². The Balaban J connectivity index is 1.97. The molecule has 0 atom stereocenters. The zero-order chi connectivity index (χ0) is 11.7. The molecular formula is C12H14N4O. The van der Waals surface area contributed by atoms with E-state index in [0.717, 1.165) is 37.2 Å². The molecule has 3 rings (SSSR count). The summed E-state index contributed by atoms with van der Waals surface area (Å²) < 4.78 is 0. The highest BCUT2D eigenvalue weighted by Crippen LogP contribution is 2.16. The van der Waals surface area contributed by atoms with E-state index in [2.05, 4.69) is 15.3 Å². The van der Waals surface area contributed by atoms with Crippen molar-refractivity contribution in [2.75, 3.05) is 26.2 Å². The monoisotopic (exact) mass is 230 g/mol. The Kier molecular flexibility index (Phi) is 2.53. The highest BCUT2D eigenvalue weighted by Gasteiger charge is 2.20. The van der Waals surface area contributed by atoms with Gasteiger partial charge in [-0.3, -0.25) is 4.79 Å². The fourth-order valence-electron chi connectivity index (χ4n) is 2.18. The number of aromatic nitrogens is 2. The molecule has 1 amide bonds. The van der Waals surface area contributed by atoms with E-state index in [4.69, 9.17) is 0 Å². The third kappa shape index (κ3) is 1.78. The van der Waals surface area contributed by atoms with Gasteiger partial charge in [0.05, 0.1) is 17.4 Å². The van der Waals surface area contributed by atoms with Crippen molar-refractivity contribution in [1.29, 1.82) is 0 Å². The number of hydrogen-bond donors (Lipinski definition) is 2. The SMILES string of the molecule is O=C(c1cccc2[nH]cnc12)N1CCNCC1. The summed E-state index contributed by atoms with van der Waals surface area (Å²) >= 11 is 0. The van der Waals surface area contributed by atoms with Crippen molar-refractivity contribution in [3.8, 4) is 0 Å². The molecule has 0 unspecified atom stereocenters. The molecule has 2 aromatic rings. The second-order valence-corrected chi connectivity index (χ2v) is 4.15. The molecule has 1 aromatic carbocycles. The summed E-state index contributed by atoms with van der Waals surface area (Å²) in [6.45, 7) is 3.25. The van der Waals surface area contributed by atoms with Gasteiger partial charge in [-0.05, 0) is 12.1 Å². The maximum atomic E-state index is 12.4. The molecule has 1 fully saturated rings. The molecule has 1 aromatic heterocycles. The van der Waals surface area contributed by atoms with E-state index in [-0.39, 0.29) is 5.91 Å². The Bertz CT molecular complexity index is 542. The van der Waals surface area contributed by atoms with E-state index in [1.165, 1.54) is 0 Å². The third-order valence-electron chi connectivity index (χ3n) is 3.08. The number of rotatable bonds is 1. The van der Waals surface area contributed by atoms with Crippen molar-refractivity contribution in [3.05, 3.63) is 30.1 Å². The Hall–Kier alpha value is -1.88. The lowest BCUT2D eigenvalue weighted by Gasteiger charge is -2.27. The maximum Gasteiger partial charge on any atom is 0.256 e. The number of H-pyrrole nitrogens is 1. The molecule has 0 aliphatic carbocycles. The van der Waals surface area contributed by atoms with Crippen molar-refractivity contribution in [2.24, 2.45) is 0 Å². The van der Waals surface area contributed by atoms with E-state index in [9.17, 15) is 4.79 Å². The number of carbonyl (C=O) groups is 1. The number of benzene rings is 1. The van der Waals surface area contributed by atoms with Gasteiger partial charge in [-0.25, -0.2) is 4.98 Å². The summed E-state index contributed by atoms with van der Waals surface area (Å²) in [4.78, 5) is 21.5. The minimum Gasteiger partial charge on any atom is -0.345 e. The highest BCUT2D eigenvalue weighted by molar-refractivity contribution is 6.04. The lowest BCUT2D eigenvalue weighted by molar-refractivity contribution is 0.0737. The highest BCUT2D eigenvalue weighted by atomic mass is 16.2. The minimum atomic E-state index is 0.0733. The molecule has 0 radical (unpaired) electrons. The zero-order valence-electron chi connectivity index (χ0n) is 9.44. The molecular weight excluding hydrogens is 216 g/mol. The first-order chi connectivity index (χ1) is 8.36. The van der Waals surface area contributed by atoms with Crippen LogP contribution in [-0.4, -0.2) is 47.0 Å². The summed E-state index contributed by atoms with van der Waals surface area (Å²) in [5.41, 5.74) is 2.35. The predicted octanol–water partition coefficient (Wildman–Crippen LogP) is 0.608. The predicted molar refractivity (Wildman–Crippen MR) is 64.9 cm³/mol. The van der Waals surface area contributed by atoms with Crippen LogP contribution in [-0.2, 0) is 0 Å². The zero-order valence-corrected chi connectivity index (χ0v) is 9.44. The second kappa shape index (κ2) is 4.18. The van der Waals surface area contributed by atoms with Gasteiger partial charge in [0.15, 0.2) is 0 Å². The van der Waals surface area contributed by atoms with Gasteiger partial charge >= 0.3 is 0 Å². The Morgan fingerprint density at radius 1 is 1.29 bits per heavy atom. The third-order valence-corrected chi connectivity index (χ3v) is 3.08. The van der Waals surface area contributed by atoms with E-state index < -0.39 is 0 Å². The fraction of sp³-hybridized carbons (Fsp3) is 0.333. The molecule has 0 bridgehead atoms. The van der Waals surface area contributed by atoms with Crippen molar-refractivity contribution >= 4 is 16.9 Å². The molecule has 5 nitrogen and oxygen atoms in total. The number of nitrogens with zero attached hydrogens (tertiary/aromatic N) is 2. The topological polar surface area (TPSA) is 61.0 Å².